The number of piperidine rings is 2. The number of hydrogen-bond acceptors (Lipinski definition) is 6. The summed E-state index contributed by atoms with van der Waals surface area (Å²) >= 11 is 0. The topological polar surface area (TPSA) is 73.0 Å². The molecule has 2 fully saturated rings. The van der Waals surface area contributed by atoms with Crippen LogP contribution < -0.4 is 10.2 Å². The van der Waals surface area contributed by atoms with Crippen molar-refractivity contribution >= 4 is 24.2 Å². The number of likely N-dealkylation sites (tertiary alicyclic amines) is 1. The van der Waals surface area contributed by atoms with Gasteiger partial charge in [-0.25, -0.2) is 0 Å². The monoisotopic (exact) mass is 456 g/mol. The lowest BCUT2D eigenvalue weighted by atomic mass is 9.79. The van der Waals surface area contributed by atoms with Crippen molar-refractivity contribution in [3.63, 3.8) is 0 Å². The molecule has 1 aromatic carbocycles. The van der Waals surface area contributed by atoms with E-state index in [4.69, 9.17) is 0 Å². The number of rotatable bonds is 10. The van der Waals surface area contributed by atoms with Crippen LogP contribution in [-0.4, -0.2) is 81.6 Å². The van der Waals surface area contributed by atoms with E-state index in [1.165, 1.54) is 38.8 Å². The molecule has 33 heavy (non-hydrogen) atoms. The van der Waals surface area contributed by atoms with Crippen LogP contribution in [0.3, 0.4) is 0 Å². The van der Waals surface area contributed by atoms with Crippen LogP contribution >= 0.6 is 0 Å². The fourth-order valence-electron chi connectivity index (χ4n) is 5.35. The number of aldehydes is 2. The van der Waals surface area contributed by atoms with Gasteiger partial charge in [-0.05, 0) is 94.9 Å². The summed E-state index contributed by atoms with van der Waals surface area (Å²) in [6.45, 7) is 5.04. The average molecular weight is 457 g/mol. The number of likely N-dealkylation sites (N-methyl/N-ethyl adjacent to an activating group) is 1. The zero-order chi connectivity index (χ0) is 23.8. The highest BCUT2D eigenvalue weighted by Gasteiger charge is 2.29. The highest BCUT2D eigenvalue weighted by molar-refractivity contribution is 5.79. The summed E-state index contributed by atoms with van der Waals surface area (Å²) in [5.41, 5.74) is 2.73. The number of nitrogens with zero attached hydrogens (tertiary/aromatic N) is 3. The van der Waals surface area contributed by atoms with Crippen molar-refractivity contribution in [2.45, 2.75) is 51.1 Å². The quantitative estimate of drug-likeness (QED) is 0.546. The van der Waals surface area contributed by atoms with E-state index in [1.807, 2.05) is 24.1 Å². The van der Waals surface area contributed by atoms with E-state index in [1.54, 1.807) is 7.05 Å². The van der Waals surface area contributed by atoms with Crippen LogP contribution in [0.2, 0.25) is 0 Å². The molecule has 1 aromatic rings. The Morgan fingerprint density at radius 2 is 1.76 bits per heavy atom. The number of anilines is 1. The van der Waals surface area contributed by atoms with Gasteiger partial charge < -0.3 is 19.9 Å². The molecule has 2 saturated heterocycles. The molecule has 0 bridgehead atoms. The summed E-state index contributed by atoms with van der Waals surface area (Å²) < 4.78 is 0. The third-order valence-electron chi connectivity index (χ3n) is 7.68. The van der Waals surface area contributed by atoms with E-state index < -0.39 is 0 Å². The molecule has 0 saturated carbocycles. The Balaban J connectivity index is 1.61. The Hall–Kier alpha value is -2.25. The van der Waals surface area contributed by atoms with Gasteiger partial charge in [0.05, 0.1) is 6.04 Å². The highest BCUT2D eigenvalue weighted by Crippen LogP contribution is 2.34. The summed E-state index contributed by atoms with van der Waals surface area (Å²) in [6.07, 6.45) is 7.64. The number of carbonyl (C=O) groups excluding carboxylic acids is 3. The highest BCUT2D eigenvalue weighted by atomic mass is 16.1. The van der Waals surface area contributed by atoms with Crippen molar-refractivity contribution in [2.24, 2.45) is 11.8 Å². The Bertz CT molecular complexity index is 799. The van der Waals surface area contributed by atoms with Gasteiger partial charge in [-0.2, -0.15) is 0 Å². The normalized spacial score (nSPS) is 19.5. The van der Waals surface area contributed by atoms with Gasteiger partial charge in [-0.1, -0.05) is 0 Å². The molecule has 0 aliphatic carbocycles. The van der Waals surface area contributed by atoms with Crippen molar-refractivity contribution in [1.29, 1.82) is 0 Å². The average Bonchev–Trinajstić information content (AvgIpc) is 2.84. The predicted molar refractivity (Wildman–Crippen MR) is 132 cm³/mol. The molecule has 3 rings (SSSR count). The molecular weight excluding hydrogens is 416 g/mol. The van der Waals surface area contributed by atoms with Gasteiger partial charge in [-0.15, -0.1) is 0 Å². The zero-order valence-corrected chi connectivity index (χ0v) is 20.5. The molecule has 2 aliphatic heterocycles. The number of hydrogen-bond donors (Lipinski definition) is 1. The van der Waals surface area contributed by atoms with E-state index in [0.29, 0.717) is 24.9 Å². The Morgan fingerprint density at radius 1 is 1.12 bits per heavy atom. The van der Waals surface area contributed by atoms with Crippen LogP contribution in [0, 0.1) is 11.8 Å². The van der Waals surface area contributed by atoms with E-state index in [9.17, 15) is 14.4 Å². The molecule has 182 valence electrons. The van der Waals surface area contributed by atoms with Gasteiger partial charge in [-0.3, -0.25) is 14.5 Å². The van der Waals surface area contributed by atoms with E-state index in [-0.39, 0.29) is 11.9 Å². The number of amides is 1. The first-order chi connectivity index (χ1) is 15.9. The maximum absolute atomic E-state index is 11.7. The summed E-state index contributed by atoms with van der Waals surface area (Å²) in [5, 5.41) is 2.59. The molecule has 0 radical (unpaired) electrons. The minimum Gasteiger partial charge on any atom is -0.372 e. The van der Waals surface area contributed by atoms with Gasteiger partial charge in [0.25, 0.3) is 0 Å². The van der Waals surface area contributed by atoms with Crippen molar-refractivity contribution in [2.75, 3.05) is 52.2 Å². The molecule has 7 nitrogen and oxygen atoms in total. The van der Waals surface area contributed by atoms with E-state index >= 15 is 0 Å². The van der Waals surface area contributed by atoms with E-state index in [2.05, 4.69) is 28.2 Å². The van der Waals surface area contributed by atoms with Crippen molar-refractivity contribution in [3.05, 3.63) is 29.3 Å². The number of carbonyl (C=O) groups is 3. The summed E-state index contributed by atoms with van der Waals surface area (Å²) in [7, 11) is 5.69. The summed E-state index contributed by atoms with van der Waals surface area (Å²) in [6, 6.07) is 5.69. The van der Waals surface area contributed by atoms with Crippen molar-refractivity contribution in [1.82, 2.24) is 15.1 Å². The molecule has 0 aromatic heterocycles. The first kappa shape index (κ1) is 25.4. The van der Waals surface area contributed by atoms with Crippen LogP contribution in [-0.2, 0) is 16.1 Å². The SMILES string of the molecule is CNC(=O)CCC(C=O)N(C)Cc1cc(N2CCC(C3CCN(C)CC3)CC2)ccc1C=O. The van der Waals surface area contributed by atoms with Gasteiger partial charge in [0, 0.05) is 44.4 Å². The Morgan fingerprint density at radius 3 is 2.33 bits per heavy atom. The number of nitrogens with one attached hydrogen (secondary N) is 1. The second-order valence-electron chi connectivity index (χ2n) is 9.80. The third kappa shape index (κ3) is 6.87. The summed E-state index contributed by atoms with van der Waals surface area (Å²) in [5.74, 6) is 1.61. The lowest BCUT2D eigenvalue weighted by Crippen LogP contribution is -2.40. The van der Waals surface area contributed by atoms with Gasteiger partial charge >= 0.3 is 0 Å². The predicted octanol–water partition coefficient (Wildman–Crippen LogP) is 2.58. The molecule has 7 heteroatoms. The smallest absolute Gasteiger partial charge is 0.219 e. The Labute approximate surface area is 198 Å². The maximum Gasteiger partial charge on any atom is 0.219 e. The molecule has 1 amide bonds. The van der Waals surface area contributed by atoms with Crippen LogP contribution in [0.25, 0.3) is 0 Å². The van der Waals surface area contributed by atoms with Crippen molar-refractivity contribution in [3.8, 4) is 0 Å². The first-order valence-electron chi connectivity index (χ1n) is 12.3. The van der Waals surface area contributed by atoms with Gasteiger partial charge in [0.15, 0.2) is 0 Å². The van der Waals surface area contributed by atoms with Gasteiger partial charge in [0.1, 0.15) is 12.6 Å². The lowest BCUT2D eigenvalue weighted by Gasteiger charge is -2.40. The Kier molecular flexibility index (Phi) is 9.44. The molecular formula is C26H40N4O3. The van der Waals surface area contributed by atoms with Gasteiger partial charge in [0.2, 0.25) is 5.91 Å². The maximum atomic E-state index is 11.7. The molecule has 2 aliphatic rings. The first-order valence-corrected chi connectivity index (χ1v) is 12.3. The molecule has 1 N–H and O–H groups in total. The minimum atomic E-state index is -0.365. The fourth-order valence-corrected chi connectivity index (χ4v) is 5.35. The molecule has 0 spiro atoms. The molecule has 2 heterocycles. The van der Waals surface area contributed by atoms with E-state index in [0.717, 1.165) is 48.7 Å². The minimum absolute atomic E-state index is 0.0746. The lowest BCUT2D eigenvalue weighted by molar-refractivity contribution is -0.121. The van der Waals surface area contributed by atoms with Crippen LogP contribution in [0.15, 0.2) is 18.2 Å². The molecule has 1 atom stereocenters. The summed E-state index contributed by atoms with van der Waals surface area (Å²) in [4.78, 5) is 41.7. The third-order valence-corrected chi connectivity index (χ3v) is 7.68. The van der Waals surface area contributed by atoms with Crippen LogP contribution in [0.4, 0.5) is 5.69 Å². The van der Waals surface area contributed by atoms with Crippen LogP contribution in [0.5, 0.6) is 0 Å². The van der Waals surface area contributed by atoms with Crippen LogP contribution in [0.1, 0.15) is 54.4 Å². The largest absolute Gasteiger partial charge is 0.372 e. The zero-order valence-electron chi connectivity index (χ0n) is 20.5. The standard InChI is InChI=1S/C26H40N4O3/c1-27-26(33)7-6-25(19-32)29(3)17-23-16-24(5-4-22(23)18-31)30-14-10-21(11-15-30)20-8-12-28(2)13-9-20/h4-5,16,18-21,25H,6-15,17H2,1-3H3,(H,27,33). The second-order valence-corrected chi connectivity index (χ2v) is 9.80. The fraction of sp³-hybridized carbons (Fsp3) is 0.654. The van der Waals surface area contributed by atoms with Crippen molar-refractivity contribution < 1.29 is 14.4 Å². The molecule has 1 unspecified atom stereocenters. The number of benzene rings is 1. The second kappa shape index (κ2) is 12.3.